The Morgan fingerprint density at radius 1 is 1.31 bits per heavy atom. The number of carbonyl (C=O) groups is 1. The molecule has 0 saturated heterocycles. The summed E-state index contributed by atoms with van der Waals surface area (Å²) in [4.78, 5) is 20.6. The van der Waals surface area contributed by atoms with Gasteiger partial charge in [0.05, 0.1) is 10.2 Å². The van der Waals surface area contributed by atoms with E-state index < -0.39 is 0 Å². The van der Waals surface area contributed by atoms with Gasteiger partial charge < -0.3 is 5.32 Å². The molecule has 0 bridgehead atoms. The molecule has 2 unspecified atom stereocenters. The Labute approximate surface area is 161 Å². The van der Waals surface area contributed by atoms with Crippen molar-refractivity contribution in [2.75, 3.05) is 11.9 Å². The van der Waals surface area contributed by atoms with Gasteiger partial charge in [0.2, 0.25) is 5.91 Å². The van der Waals surface area contributed by atoms with E-state index in [1.165, 1.54) is 15.1 Å². The maximum absolute atomic E-state index is 11.8. The van der Waals surface area contributed by atoms with Crippen LogP contribution >= 0.6 is 22.7 Å². The molecule has 1 N–H and O–H groups in total. The van der Waals surface area contributed by atoms with Crippen LogP contribution in [-0.4, -0.2) is 28.4 Å². The van der Waals surface area contributed by atoms with Crippen LogP contribution < -0.4 is 5.32 Å². The van der Waals surface area contributed by atoms with Crippen molar-refractivity contribution in [3.8, 4) is 10.6 Å². The van der Waals surface area contributed by atoms with E-state index in [0.29, 0.717) is 12.1 Å². The smallest absolute Gasteiger partial charge is 0.221 e. The second-order valence-electron chi connectivity index (χ2n) is 6.88. The van der Waals surface area contributed by atoms with E-state index in [1.807, 2.05) is 12.1 Å². The molecular weight excluding hydrogens is 362 g/mol. The highest BCUT2D eigenvalue weighted by Gasteiger charge is 2.34. The maximum atomic E-state index is 11.8. The van der Waals surface area contributed by atoms with Crippen LogP contribution in [0.5, 0.6) is 0 Å². The quantitative estimate of drug-likeness (QED) is 0.664. The van der Waals surface area contributed by atoms with Gasteiger partial charge in [0.1, 0.15) is 10.0 Å². The van der Waals surface area contributed by atoms with E-state index in [9.17, 15) is 4.79 Å². The number of thiazole rings is 1. The molecule has 136 valence electrons. The number of likely N-dealkylation sites (N-methyl/N-ethyl adjacent to an activating group) is 1. The van der Waals surface area contributed by atoms with E-state index >= 15 is 0 Å². The van der Waals surface area contributed by atoms with Gasteiger partial charge in [-0.3, -0.25) is 9.69 Å². The molecule has 6 heteroatoms. The van der Waals surface area contributed by atoms with Crippen molar-refractivity contribution in [3.63, 3.8) is 0 Å². The summed E-state index contributed by atoms with van der Waals surface area (Å²) >= 11 is 3.43. The number of thiophene rings is 1. The molecule has 2 aromatic heterocycles. The molecule has 0 radical (unpaired) electrons. The Hall–Kier alpha value is -1.76. The number of aromatic nitrogens is 1. The van der Waals surface area contributed by atoms with Crippen LogP contribution in [0.15, 0.2) is 24.3 Å². The zero-order chi connectivity index (χ0) is 18.4. The minimum absolute atomic E-state index is 0.0287. The highest BCUT2D eigenvalue weighted by molar-refractivity contribution is 7.23. The molecule has 1 aliphatic rings. The Kier molecular flexibility index (Phi) is 4.59. The monoisotopic (exact) mass is 385 g/mol. The highest BCUT2D eigenvalue weighted by Crippen LogP contribution is 2.49. The van der Waals surface area contributed by atoms with E-state index in [0.717, 1.165) is 34.1 Å². The summed E-state index contributed by atoms with van der Waals surface area (Å²) in [5.74, 6) is -0.0287. The number of hydrogen-bond donors (Lipinski definition) is 1. The number of carbonyl (C=O) groups excluding carboxylic acids is 1. The van der Waals surface area contributed by atoms with Crippen molar-refractivity contribution in [2.45, 2.75) is 46.2 Å². The minimum atomic E-state index is -0.0287. The van der Waals surface area contributed by atoms with Gasteiger partial charge in [-0.15, -0.1) is 22.7 Å². The summed E-state index contributed by atoms with van der Waals surface area (Å²) in [7, 11) is 0. The third kappa shape index (κ3) is 2.86. The summed E-state index contributed by atoms with van der Waals surface area (Å²) in [6.45, 7) is 9.39. The molecule has 1 aliphatic heterocycles. The summed E-state index contributed by atoms with van der Waals surface area (Å²) in [5.41, 5.74) is 3.52. The summed E-state index contributed by atoms with van der Waals surface area (Å²) in [6, 6.07) is 9.07. The van der Waals surface area contributed by atoms with Gasteiger partial charge in [-0.1, -0.05) is 19.1 Å². The fraction of sp³-hybridized carbons (Fsp3) is 0.400. The predicted octanol–water partition coefficient (Wildman–Crippen LogP) is 5.31. The Morgan fingerprint density at radius 3 is 2.77 bits per heavy atom. The highest BCUT2D eigenvalue weighted by atomic mass is 32.1. The van der Waals surface area contributed by atoms with Gasteiger partial charge in [0.25, 0.3) is 0 Å². The van der Waals surface area contributed by atoms with Gasteiger partial charge in [0, 0.05) is 29.4 Å². The number of nitrogens with one attached hydrogen (secondary N) is 1. The number of amides is 1. The summed E-state index contributed by atoms with van der Waals surface area (Å²) in [6.07, 6.45) is 0.995. The van der Waals surface area contributed by atoms with E-state index in [1.54, 1.807) is 29.6 Å². The standard InChI is InChI=1S/C20H23N3OS2/c1-5-23-11(2)10-14-17(19(21-13(4)24)26-18(14)12(23)3)20-22-15-8-6-7-9-16(15)25-20/h6-9,11-12H,5,10H2,1-4H3,(H,21,24). The third-order valence-corrected chi connectivity index (χ3v) is 7.51. The van der Waals surface area contributed by atoms with Gasteiger partial charge in [-0.05, 0) is 44.5 Å². The van der Waals surface area contributed by atoms with Gasteiger partial charge in [-0.25, -0.2) is 4.98 Å². The first-order valence-electron chi connectivity index (χ1n) is 9.04. The van der Waals surface area contributed by atoms with Crippen LogP contribution in [0.1, 0.15) is 44.2 Å². The molecule has 1 amide bonds. The number of hydrogen-bond acceptors (Lipinski definition) is 5. The van der Waals surface area contributed by atoms with Crippen LogP contribution in [0.3, 0.4) is 0 Å². The SMILES string of the molecule is CCN1C(C)Cc2c(sc(NC(C)=O)c2-c2nc3ccccc3s2)C1C. The molecule has 1 aromatic carbocycles. The van der Waals surface area contributed by atoms with Crippen LogP contribution in [0.2, 0.25) is 0 Å². The topological polar surface area (TPSA) is 45.2 Å². The second kappa shape index (κ2) is 6.76. The Morgan fingerprint density at radius 2 is 2.08 bits per heavy atom. The van der Waals surface area contributed by atoms with Crippen LogP contribution in [-0.2, 0) is 11.2 Å². The first-order chi connectivity index (χ1) is 12.5. The zero-order valence-corrected chi connectivity index (χ0v) is 17.1. The maximum Gasteiger partial charge on any atom is 0.221 e. The number of rotatable bonds is 3. The molecule has 2 atom stereocenters. The predicted molar refractivity (Wildman–Crippen MR) is 111 cm³/mol. The largest absolute Gasteiger partial charge is 0.317 e. The van der Waals surface area contributed by atoms with Gasteiger partial charge >= 0.3 is 0 Å². The average Bonchev–Trinajstić information content (AvgIpc) is 3.15. The number of fused-ring (bicyclic) bond motifs is 2. The second-order valence-corrected chi connectivity index (χ2v) is 8.96. The lowest BCUT2D eigenvalue weighted by atomic mass is 9.93. The van der Waals surface area contributed by atoms with Gasteiger partial charge in [-0.2, -0.15) is 0 Å². The molecule has 0 aliphatic carbocycles. The molecule has 0 fully saturated rings. The van der Waals surface area contributed by atoms with Crippen molar-refractivity contribution >= 4 is 43.8 Å². The molecule has 4 nitrogen and oxygen atoms in total. The van der Waals surface area contributed by atoms with Crippen LogP contribution in [0.4, 0.5) is 5.00 Å². The molecule has 0 spiro atoms. The zero-order valence-electron chi connectivity index (χ0n) is 15.5. The van der Waals surface area contributed by atoms with Crippen molar-refractivity contribution in [1.82, 2.24) is 9.88 Å². The van der Waals surface area contributed by atoms with Crippen molar-refractivity contribution in [3.05, 3.63) is 34.7 Å². The molecular formula is C20H23N3OS2. The van der Waals surface area contributed by atoms with Crippen molar-refractivity contribution in [2.24, 2.45) is 0 Å². The normalized spacial score (nSPS) is 20.3. The molecule has 3 aromatic rings. The lowest BCUT2D eigenvalue weighted by molar-refractivity contribution is -0.114. The Balaban J connectivity index is 1.91. The van der Waals surface area contributed by atoms with Crippen LogP contribution in [0, 0.1) is 0 Å². The number of benzene rings is 1. The van der Waals surface area contributed by atoms with Crippen molar-refractivity contribution < 1.29 is 4.79 Å². The average molecular weight is 386 g/mol. The number of nitrogens with zero attached hydrogens (tertiary/aromatic N) is 2. The van der Waals surface area contributed by atoms with Crippen LogP contribution in [0.25, 0.3) is 20.8 Å². The minimum Gasteiger partial charge on any atom is -0.317 e. The van der Waals surface area contributed by atoms with Gasteiger partial charge in [0.15, 0.2) is 0 Å². The molecule has 3 heterocycles. The lowest BCUT2D eigenvalue weighted by Crippen LogP contribution is -2.40. The fourth-order valence-corrected chi connectivity index (χ4v) is 6.47. The summed E-state index contributed by atoms with van der Waals surface area (Å²) < 4.78 is 1.18. The van der Waals surface area contributed by atoms with E-state index in [4.69, 9.17) is 4.98 Å². The Bertz CT molecular complexity index is 942. The lowest BCUT2D eigenvalue weighted by Gasteiger charge is -2.38. The molecule has 26 heavy (non-hydrogen) atoms. The first kappa shape index (κ1) is 17.6. The number of anilines is 1. The fourth-order valence-electron chi connectivity index (χ4n) is 4.01. The number of para-hydroxylation sites is 1. The molecule has 0 saturated carbocycles. The van der Waals surface area contributed by atoms with E-state index in [2.05, 4.69) is 43.1 Å². The van der Waals surface area contributed by atoms with E-state index in [-0.39, 0.29) is 5.91 Å². The third-order valence-electron chi connectivity index (χ3n) is 5.14. The van der Waals surface area contributed by atoms with Crippen molar-refractivity contribution in [1.29, 1.82) is 0 Å². The molecule has 4 rings (SSSR count). The summed E-state index contributed by atoms with van der Waals surface area (Å²) in [5, 5.41) is 5.02. The first-order valence-corrected chi connectivity index (χ1v) is 10.7.